The molecule has 0 fully saturated rings. The molecule has 0 atom stereocenters. The number of hydrogen-bond acceptors (Lipinski definition) is 6. The van der Waals surface area contributed by atoms with Crippen LogP contribution in [0.1, 0.15) is 41.4 Å². The van der Waals surface area contributed by atoms with Crippen LogP contribution in [0.3, 0.4) is 0 Å². The predicted molar refractivity (Wildman–Crippen MR) is 123 cm³/mol. The number of fused-ring (bicyclic) bond motifs is 1. The molecule has 33 heavy (non-hydrogen) atoms. The van der Waals surface area contributed by atoms with Crippen LogP contribution in [0.25, 0.3) is 22.5 Å². The lowest BCUT2D eigenvalue weighted by Gasteiger charge is -2.12. The zero-order valence-electron chi connectivity index (χ0n) is 18.9. The topological polar surface area (TPSA) is 111 Å². The number of rotatable bonds is 6. The maximum atomic E-state index is 13.0. The van der Waals surface area contributed by atoms with Crippen LogP contribution in [-0.4, -0.2) is 33.2 Å². The van der Waals surface area contributed by atoms with E-state index in [-0.39, 0.29) is 12.6 Å². The molecule has 0 aliphatic heterocycles. The van der Waals surface area contributed by atoms with Gasteiger partial charge in [-0.3, -0.25) is 20.4 Å². The van der Waals surface area contributed by atoms with Crippen molar-refractivity contribution < 1.29 is 18.7 Å². The van der Waals surface area contributed by atoms with Crippen LogP contribution < -0.4 is 15.6 Å². The molecule has 0 saturated heterocycles. The number of aryl methyl sites for hydroxylation is 2. The van der Waals surface area contributed by atoms with E-state index < -0.39 is 11.8 Å². The number of nitrogens with zero attached hydrogens (tertiary/aromatic N) is 3. The quantitative estimate of drug-likeness (QED) is 0.436. The van der Waals surface area contributed by atoms with Crippen molar-refractivity contribution in [3.63, 3.8) is 0 Å². The number of benzene rings is 1. The van der Waals surface area contributed by atoms with Gasteiger partial charge in [-0.1, -0.05) is 12.1 Å². The Labute approximate surface area is 190 Å². The lowest BCUT2D eigenvalue weighted by atomic mass is 10.1. The number of hydrazine groups is 1. The lowest BCUT2D eigenvalue weighted by molar-refractivity contribution is -0.123. The molecule has 2 N–H and O–H groups in total. The van der Waals surface area contributed by atoms with E-state index in [2.05, 4.69) is 20.9 Å². The van der Waals surface area contributed by atoms with Crippen molar-refractivity contribution in [2.24, 2.45) is 0 Å². The van der Waals surface area contributed by atoms with Gasteiger partial charge in [-0.2, -0.15) is 5.10 Å². The molecule has 1 aromatic carbocycles. The van der Waals surface area contributed by atoms with Crippen molar-refractivity contribution >= 4 is 22.8 Å². The number of pyridine rings is 1. The second-order valence-electron chi connectivity index (χ2n) is 8.01. The average Bonchev–Trinajstić information content (AvgIpc) is 3.47. The minimum absolute atomic E-state index is 0.0414. The summed E-state index contributed by atoms with van der Waals surface area (Å²) in [6, 6.07) is 10.9. The summed E-state index contributed by atoms with van der Waals surface area (Å²) in [6.45, 7) is 7.56. The molecule has 0 aliphatic carbocycles. The number of hydrogen-bond donors (Lipinski definition) is 2. The second-order valence-corrected chi connectivity index (χ2v) is 8.01. The van der Waals surface area contributed by atoms with E-state index in [0.717, 1.165) is 11.1 Å². The van der Waals surface area contributed by atoms with Crippen LogP contribution in [0.4, 0.5) is 0 Å². The van der Waals surface area contributed by atoms with Crippen molar-refractivity contribution in [3.8, 4) is 17.2 Å². The smallest absolute Gasteiger partial charge is 0.276 e. The molecular formula is C24H25N5O4. The SMILES string of the molecule is Cc1ccc(C)c(OCC(=O)NNC(=O)c2cc(-c3ccco3)nc3c2cnn3C(C)C)c1. The minimum atomic E-state index is -0.501. The Kier molecular flexibility index (Phi) is 6.12. The van der Waals surface area contributed by atoms with E-state index in [9.17, 15) is 9.59 Å². The number of amides is 2. The van der Waals surface area contributed by atoms with Crippen LogP contribution in [0.5, 0.6) is 5.75 Å². The zero-order chi connectivity index (χ0) is 23.5. The van der Waals surface area contributed by atoms with Crippen LogP contribution in [-0.2, 0) is 4.79 Å². The maximum Gasteiger partial charge on any atom is 0.276 e. The van der Waals surface area contributed by atoms with Gasteiger partial charge in [0, 0.05) is 6.04 Å². The number of aromatic nitrogens is 3. The van der Waals surface area contributed by atoms with Crippen LogP contribution in [0.15, 0.2) is 53.3 Å². The zero-order valence-corrected chi connectivity index (χ0v) is 18.9. The van der Waals surface area contributed by atoms with E-state index in [0.29, 0.717) is 33.8 Å². The van der Waals surface area contributed by atoms with E-state index >= 15 is 0 Å². The summed E-state index contributed by atoms with van der Waals surface area (Å²) in [7, 11) is 0. The van der Waals surface area contributed by atoms with Crippen molar-refractivity contribution in [2.75, 3.05) is 6.61 Å². The van der Waals surface area contributed by atoms with Gasteiger partial charge < -0.3 is 9.15 Å². The Morgan fingerprint density at radius 3 is 2.70 bits per heavy atom. The maximum absolute atomic E-state index is 13.0. The molecule has 0 unspecified atom stereocenters. The summed E-state index contributed by atoms with van der Waals surface area (Å²) in [5, 5.41) is 4.94. The lowest BCUT2D eigenvalue weighted by Crippen LogP contribution is -2.44. The summed E-state index contributed by atoms with van der Waals surface area (Å²) in [5.74, 6) is 0.155. The van der Waals surface area contributed by atoms with Gasteiger partial charge in [-0.05, 0) is 63.1 Å². The van der Waals surface area contributed by atoms with Crippen molar-refractivity contribution in [1.82, 2.24) is 25.6 Å². The summed E-state index contributed by atoms with van der Waals surface area (Å²) in [4.78, 5) is 29.9. The van der Waals surface area contributed by atoms with Gasteiger partial charge in [-0.15, -0.1) is 0 Å². The van der Waals surface area contributed by atoms with Crippen LogP contribution >= 0.6 is 0 Å². The first-order chi connectivity index (χ1) is 15.8. The third-order valence-electron chi connectivity index (χ3n) is 5.09. The Bertz CT molecular complexity index is 1310. The Balaban J connectivity index is 1.51. The average molecular weight is 447 g/mol. The molecule has 4 aromatic rings. The molecule has 0 aliphatic rings. The normalized spacial score (nSPS) is 11.1. The molecule has 0 bridgehead atoms. The molecule has 0 saturated carbocycles. The molecule has 9 nitrogen and oxygen atoms in total. The Morgan fingerprint density at radius 1 is 1.15 bits per heavy atom. The summed E-state index contributed by atoms with van der Waals surface area (Å²) in [6.07, 6.45) is 3.13. The van der Waals surface area contributed by atoms with Gasteiger partial charge in [0.05, 0.1) is 23.4 Å². The van der Waals surface area contributed by atoms with Gasteiger partial charge in [0.2, 0.25) is 0 Å². The van der Waals surface area contributed by atoms with Gasteiger partial charge in [0.25, 0.3) is 11.8 Å². The fourth-order valence-electron chi connectivity index (χ4n) is 3.37. The summed E-state index contributed by atoms with van der Waals surface area (Å²) >= 11 is 0. The third-order valence-corrected chi connectivity index (χ3v) is 5.09. The van der Waals surface area contributed by atoms with Crippen molar-refractivity contribution in [3.05, 3.63) is 65.5 Å². The van der Waals surface area contributed by atoms with E-state index in [1.165, 1.54) is 6.26 Å². The van der Waals surface area contributed by atoms with Crippen LogP contribution in [0, 0.1) is 13.8 Å². The molecule has 2 amide bonds. The highest BCUT2D eigenvalue weighted by atomic mass is 16.5. The minimum Gasteiger partial charge on any atom is -0.483 e. The molecule has 0 radical (unpaired) electrons. The summed E-state index contributed by atoms with van der Waals surface area (Å²) < 4.78 is 12.8. The third kappa shape index (κ3) is 4.72. The fraction of sp³-hybridized carbons (Fsp3) is 0.250. The first-order valence-corrected chi connectivity index (χ1v) is 10.5. The van der Waals surface area contributed by atoms with Crippen molar-refractivity contribution in [2.45, 2.75) is 33.7 Å². The fourth-order valence-corrected chi connectivity index (χ4v) is 3.37. The molecular weight excluding hydrogens is 422 g/mol. The molecule has 4 rings (SSSR count). The van der Waals surface area contributed by atoms with E-state index in [1.54, 1.807) is 29.1 Å². The number of furan rings is 1. The first kappa shape index (κ1) is 22.1. The van der Waals surface area contributed by atoms with Crippen molar-refractivity contribution in [1.29, 1.82) is 0 Å². The van der Waals surface area contributed by atoms with Gasteiger partial charge in [0.1, 0.15) is 11.4 Å². The largest absolute Gasteiger partial charge is 0.483 e. The highest BCUT2D eigenvalue weighted by Gasteiger charge is 2.20. The molecule has 9 heteroatoms. The highest BCUT2D eigenvalue weighted by molar-refractivity contribution is 6.06. The summed E-state index contributed by atoms with van der Waals surface area (Å²) in [5.41, 5.74) is 8.15. The standard InChI is InChI=1S/C24H25N5O4/c1-14(2)29-23-18(12-25-29)17(11-19(26-23)20-6-5-9-32-20)24(31)28-27-22(30)13-33-21-10-15(3)7-8-16(21)4/h5-12,14H,13H2,1-4H3,(H,27,30)(H,28,31). The molecule has 0 spiro atoms. The molecule has 3 heterocycles. The number of nitrogens with one attached hydrogen (secondary N) is 2. The van der Waals surface area contributed by atoms with Gasteiger partial charge in [0.15, 0.2) is 18.0 Å². The number of carbonyl (C=O) groups is 2. The van der Waals surface area contributed by atoms with E-state index in [4.69, 9.17) is 9.15 Å². The molecule has 3 aromatic heterocycles. The number of ether oxygens (including phenoxy) is 1. The Morgan fingerprint density at radius 2 is 1.97 bits per heavy atom. The number of carbonyl (C=O) groups excluding carboxylic acids is 2. The van der Waals surface area contributed by atoms with Gasteiger partial charge in [-0.25, -0.2) is 9.67 Å². The van der Waals surface area contributed by atoms with Crippen LogP contribution in [0.2, 0.25) is 0 Å². The molecule has 170 valence electrons. The van der Waals surface area contributed by atoms with E-state index in [1.807, 2.05) is 45.9 Å². The highest BCUT2D eigenvalue weighted by Crippen LogP contribution is 2.26. The first-order valence-electron chi connectivity index (χ1n) is 10.5. The predicted octanol–water partition coefficient (Wildman–Crippen LogP) is 3.73. The van der Waals surface area contributed by atoms with Gasteiger partial charge >= 0.3 is 0 Å². The monoisotopic (exact) mass is 447 g/mol. The Hall–Kier alpha value is -4.14. The second kappa shape index (κ2) is 9.15.